The van der Waals surface area contributed by atoms with Gasteiger partial charge in [-0.25, -0.2) is 14.8 Å². The van der Waals surface area contributed by atoms with Crippen molar-refractivity contribution >= 4 is 34.3 Å². The molecular formula is C22H13N4O3. The Kier molecular flexibility index (Phi) is 3.74. The summed E-state index contributed by atoms with van der Waals surface area (Å²) in [6.07, 6.45) is 1.87. The van der Waals surface area contributed by atoms with Crippen molar-refractivity contribution in [2.45, 2.75) is 0 Å². The largest absolute Gasteiger partial charge is 0.478 e. The van der Waals surface area contributed by atoms with Crippen molar-refractivity contribution in [1.29, 1.82) is 0 Å². The number of hydrogen-bond acceptors (Lipinski definition) is 4. The summed E-state index contributed by atoms with van der Waals surface area (Å²) in [7, 11) is 0. The first kappa shape index (κ1) is 16.9. The minimum atomic E-state index is -0.987. The zero-order valence-corrected chi connectivity index (χ0v) is 14.9. The first-order chi connectivity index (χ1) is 14.1. The molecule has 0 aliphatic rings. The standard InChI is InChI=1S/C22H13N4O3/c27-11-12-4-6-16-18(8-12)25-20(23-16)13-2-1-3-14(9-13)21-24-17-7-5-15(22(28)29)10-19(17)26-21/h1-10H,(H,23,25)(H,24,26)(H,28,29). The maximum absolute atomic E-state index is 11.2. The van der Waals surface area contributed by atoms with Crippen LogP contribution in [-0.4, -0.2) is 37.3 Å². The van der Waals surface area contributed by atoms with Crippen LogP contribution in [0.25, 0.3) is 44.8 Å². The molecule has 2 heterocycles. The van der Waals surface area contributed by atoms with Crippen molar-refractivity contribution < 1.29 is 14.7 Å². The predicted molar refractivity (Wildman–Crippen MR) is 108 cm³/mol. The molecule has 0 unspecified atom stereocenters. The predicted octanol–water partition coefficient (Wildman–Crippen LogP) is 3.93. The van der Waals surface area contributed by atoms with Gasteiger partial charge in [0.2, 0.25) is 6.29 Å². The van der Waals surface area contributed by atoms with Crippen LogP contribution in [-0.2, 0) is 4.79 Å². The smallest absolute Gasteiger partial charge is 0.335 e. The van der Waals surface area contributed by atoms with E-state index in [2.05, 4.69) is 19.9 Å². The van der Waals surface area contributed by atoms with E-state index in [4.69, 9.17) is 5.11 Å². The summed E-state index contributed by atoms with van der Waals surface area (Å²) < 4.78 is 0. The normalized spacial score (nSPS) is 11.2. The Hall–Kier alpha value is -4.26. The average Bonchev–Trinajstić information content (AvgIpc) is 3.36. The van der Waals surface area contributed by atoms with Crippen LogP contribution in [0, 0.1) is 0 Å². The lowest BCUT2D eigenvalue weighted by Crippen LogP contribution is -1.94. The van der Waals surface area contributed by atoms with Gasteiger partial charge in [-0.2, -0.15) is 0 Å². The van der Waals surface area contributed by atoms with Crippen LogP contribution in [0.3, 0.4) is 0 Å². The van der Waals surface area contributed by atoms with E-state index in [0.717, 1.165) is 22.2 Å². The summed E-state index contributed by atoms with van der Waals surface area (Å²) in [6, 6.07) is 17.7. The number of carboxylic acid groups (broad SMARTS) is 1. The van der Waals surface area contributed by atoms with Gasteiger partial charge in [-0.1, -0.05) is 18.2 Å². The molecule has 5 aromatic rings. The molecule has 3 aromatic carbocycles. The van der Waals surface area contributed by atoms with E-state index in [9.17, 15) is 9.59 Å². The molecule has 7 nitrogen and oxygen atoms in total. The van der Waals surface area contributed by atoms with Crippen molar-refractivity contribution in [3.63, 3.8) is 0 Å². The van der Waals surface area contributed by atoms with E-state index in [1.54, 1.807) is 36.4 Å². The first-order valence-corrected chi connectivity index (χ1v) is 8.82. The van der Waals surface area contributed by atoms with E-state index in [0.29, 0.717) is 28.2 Å². The van der Waals surface area contributed by atoms with Gasteiger partial charge in [-0.05, 0) is 42.5 Å². The van der Waals surface area contributed by atoms with Gasteiger partial charge in [0, 0.05) is 16.7 Å². The molecule has 0 aliphatic heterocycles. The number of aromatic nitrogens is 4. The molecule has 0 fully saturated rings. The fraction of sp³-hybridized carbons (Fsp3) is 0. The molecule has 0 spiro atoms. The second kappa shape index (κ2) is 6.42. The van der Waals surface area contributed by atoms with Crippen LogP contribution < -0.4 is 0 Å². The number of imidazole rings is 2. The minimum Gasteiger partial charge on any atom is -0.478 e. The topological polar surface area (TPSA) is 112 Å². The molecule has 29 heavy (non-hydrogen) atoms. The molecule has 0 atom stereocenters. The van der Waals surface area contributed by atoms with Gasteiger partial charge in [0.15, 0.2) is 0 Å². The van der Waals surface area contributed by atoms with Gasteiger partial charge in [-0.3, -0.25) is 4.79 Å². The number of aromatic amines is 2. The Bertz CT molecular complexity index is 1410. The third-order valence-electron chi connectivity index (χ3n) is 4.74. The van der Waals surface area contributed by atoms with Crippen LogP contribution >= 0.6 is 0 Å². The number of nitrogens with one attached hydrogen (secondary N) is 2. The Morgan fingerprint density at radius 3 is 2.07 bits per heavy atom. The fourth-order valence-electron chi connectivity index (χ4n) is 3.30. The molecule has 3 N–H and O–H groups in total. The molecule has 0 aliphatic carbocycles. The highest BCUT2D eigenvalue weighted by atomic mass is 16.4. The molecule has 0 saturated carbocycles. The van der Waals surface area contributed by atoms with Crippen LogP contribution in [0.15, 0.2) is 60.7 Å². The number of benzene rings is 3. The maximum atomic E-state index is 11.2. The van der Waals surface area contributed by atoms with E-state index in [-0.39, 0.29) is 5.56 Å². The van der Waals surface area contributed by atoms with Crippen LogP contribution in [0.2, 0.25) is 0 Å². The quantitative estimate of drug-likeness (QED) is 0.437. The van der Waals surface area contributed by atoms with Crippen LogP contribution in [0.5, 0.6) is 0 Å². The molecule has 0 amide bonds. The van der Waals surface area contributed by atoms with Crippen molar-refractivity contribution in [3.05, 3.63) is 71.8 Å². The summed E-state index contributed by atoms with van der Waals surface area (Å²) in [5.41, 5.74) is 5.22. The third kappa shape index (κ3) is 2.94. The van der Waals surface area contributed by atoms with Gasteiger partial charge in [0.1, 0.15) is 11.6 Å². The van der Waals surface area contributed by atoms with Gasteiger partial charge < -0.3 is 15.1 Å². The number of rotatable bonds is 4. The zero-order chi connectivity index (χ0) is 20.0. The Morgan fingerprint density at radius 2 is 1.45 bits per heavy atom. The SMILES string of the molecule is O=[C]c1ccc2[nH]c(-c3cccc(-c4nc5cc(C(=O)O)ccc5[nH]4)c3)nc2c1. The fourth-order valence-corrected chi connectivity index (χ4v) is 3.30. The first-order valence-electron chi connectivity index (χ1n) is 8.82. The van der Waals surface area contributed by atoms with E-state index in [1.807, 2.05) is 30.6 Å². The van der Waals surface area contributed by atoms with Gasteiger partial charge in [0.25, 0.3) is 0 Å². The molecule has 1 radical (unpaired) electrons. The summed E-state index contributed by atoms with van der Waals surface area (Å²) in [5, 5.41) is 9.15. The van der Waals surface area contributed by atoms with Gasteiger partial charge in [-0.15, -0.1) is 0 Å². The number of hydrogen-bond donors (Lipinski definition) is 3. The highest BCUT2D eigenvalue weighted by Crippen LogP contribution is 2.27. The molecule has 0 bridgehead atoms. The van der Waals surface area contributed by atoms with Crippen molar-refractivity contribution in [2.75, 3.05) is 0 Å². The summed E-state index contributed by atoms with van der Waals surface area (Å²) in [4.78, 5) is 37.6. The highest BCUT2D eigenvalue weighted by Gasteiger charge is 2.11. The van der Waals surface area contributed by atoms with E-state index >= 15 is 0 Å². The zero-order valence-electron chi connectivity index (χ0n) is 14.9. The number of fused-ring (bicyclic) bond motifs is 2. The van der Waals surface area contributed by atoms with Gasteiger partial charge >= 0.3 is 5.97 Å². The summed E-state index contributed by atoms with van der Waals surface area (Å²) in [6.45, 7) is 0. The van der Waals surface area contributed by atoms with Crippen LogP contribution in [0.1, 0.15) is 15.9 Å². The Morgan fingerprint density at radius 1 is 0.828 bits per heavy atom. The highest BCUT2D eigenvalue weighted by molar-refractivity contribution is 5.93. The lowest BCUT2D eigenvalue weighted by Gasteiger charge is -2.00. The van der Waals surface area contributed by atoms with Crippen molar-refractivity contribution in [1.82, 2.24) is 19.9 Å². The number of carbonyl (C=O) groups is 1. The number of aromatic carboxylic acids is 1. The Labute approximate surface area is 164 Å². The summed E-state index contributed by atoms with van der Waals surface area (Å²) >= 11 is 0. The number of carbonyl (C=O) groups excluding carboxylic acids is 1. The van der Waals surface area contributed by atoms with Crippen LogP contribution in [0.4, 0.5) is 0 Å². The number of nitrogens with zero attached hydrogens (tertiary/aromatic N) is 2. The number of H-pyrrole nitrogens is 2. The molecule has 0 saturated heterocycles. The summed E-state index contributed by atoms with van der Waals surface area (Å²) in [5.74, 6) is 0.325. The second-order valence-electron chi connectivity index (χ2n) is 6.62. The Balaban J connectivity index is 1.57. The number of carboxylic acids is 1. The molecule has 2 aromatic heterocycles. The average molecular weight is 381 g/mol. The van der Waals surface area contributed by atoms with Gasteiger partial charge in [0.05, 0.1) is 27.6 Å². The van der Waals surface area contributed by atoms with Crippen molar-refractivity contribution in [3.8, 4) is 22.8 Å². The minimum absolute atomic E-state index is 0.193. The maximum Gasteiger partial charge on any atom is 0.335 e. The monoisotopic (exact) mass is 381 g/mol. The molecular weight excluding hydrogens is 368 g/mol. The molecule has 139 valence electrons. The molecule has 7 heteroatoms. The second-order valence-corrected chi connectivity index (χ2v) is 6.62. The van der Waals surface area contributed by atoms with E-state index < -0.39 is 5.97 Å². The van der Waals surface area contributed by atoms with E-state index in [1.165, 1.54) is 0 Å². The molecule has 5 rings (SSSR count). The lowest BCUT2D eigenvalue weighted by atomic mass is 10.1. The third-order valence-corrected chi connectivity index (χ3v) is 4.74. The van der Waals surface area contributed by atoms with Crippen molar-refractivity contribution in [2.24, 2.45) is 0 Å². The lowest BCUT2D eigenvalue weighted by molar-refractivity contribution is 0.0697.